The van der Waals surface area contributed by atoms with Gasteiger partial charge < -0.3 is 0 Å². The number of pyridine rings is 1. The standard InChI is InChI=1S/C11H11FN2O2/c1-11(4-9(15)14-10(16)5-11)8-3-2-7(12)6-13-8/h2-3,6H,4-5H2,1H3,(H,14,15,16). The topological polar surface area (TPSA) is 59.1 Å². The summed E-state index contributed by atoms with van der Waals surface area (Å²) >= 11 is 0. The Morgan fingerprint density at radius 3 is 2.44 bits per heavy atom. The van der Waals surface area contributed by atoms with Crippen molar-refractivity contribution in [1.82, 2.24) is 10.3 Å². The van der Waals surface area contributed by atoms with Crippen molar-refractivity contribution < 1.29 is 14.0 Å². The average Bonchev–Trinajstić information content (AvgIpc) is 2.16. The minimum absolute atomic E-state index is 0.192. The first-order valence-corrected chi connectivity index (χ1v) is 4.94. The van der Waals surface area contributed by atoms with Gasteiger partial charge in [-0.1, -0.05) is 6.92 Å². The van der Waals surface area contributed by atoms with Crippen LogP contribution in [0.3, 0.4) is 0 Å². The number of carbonyl (C=O) groups is 2. The molecule has 2 amide bonds. The molecule has 0 radical (unpaired) electrons. The van der Waals surface area contributed by atoms with Crippen LogP contribution < -0.4 is 5.32 Å². The van der Waals surface area contributed by atoms with Gasteiger partial charge in [0, 0.05) is 24.0 Å². The Morgan fingerprint density at radius 2 is 1.94 bits per heavy atom. The largest absolute Gasteiger partial charge is 0.296 e. The smallest absolute Gasteiger partial charge is 0.227 e. The van der Waals surface area contributed by atoms with E-state index >= 15 is 0 Å². The summed E-state index contributed by atoms with van der Waals surface area (Å²) in [7, 11) is 0. The molecular formula is C11H11FN2O2. The van der Waals surface area contributed by atoms with Gasteiger partial charge in [0.2, 0.25) is 11.8 Å². The number of nitrogens with one attached hydrogen (secondary N) is 1. The number of amides is 2. The van der Waals surface area contributed by atoms with E-state index in [1.54, 1.807) is 6.92 Å². The summed E-state index contributed by atoms with van der Waals surface area (Å²) in [4.78, 5) is 26.5. The van der Waals surface area contributed by atoms with E-state index in [0.29, 0.717) is 5.69 Å². The van der Waals surface area contributed by atoms with Crippen LogP contribution in [0.5, 0.6) is 0 Å². The summed E-state index contributed by atoms with van der Waals surface area (Å²) in [5.74, 6) is -1.06. The van der Waals surface area contributed by atoms with Crippen LogP contribution in [0.25, 0.3) is 0 Å². The van der Waals surface area contributed by atoms with Crippen molar-refractivity contribution in [2.45, 2.75) is 25.2 Å². The molecule has 0 bridgehead atoms. The minimum atomic E-state index is -0.632. The summed E-state index contributed by atoms with van der Waals surface area (Å²) in [6, 6.07) is 2.80. The van der Waals surface area contributed by atoms with Crippen LogP contribution in [0, 0.1) is 5.82 Å². The third kappa shape index (κ3) is 1.93. The Kier molecular flexibility index (Phi) is 2.46. The normalized spacial score (nSPS) is 19.4. The van der Waals surface area contributed by atoms with Crippen molar-refractivity contribution in [2.75, 3.05) is 0 Å². The Hall–Kier alpha value is -1.78. The maximum absolute atomic E-state index is 12.7. The van der Waals surface area contributed by atoms with Gasteiger partial charge in [-0.15, -0.1) is 0 Å². The Labute approximate surface area is 91.9 Å². The van der Waals surface area contributed by atoms with Gasteiger partial charge in [0.25, 0.3) is 0 Å². The first kappa shape index (κ1) is 10.7. The number of hydrogen-bond donors (Lipinski definition) is 1. The maximum Gasteiger partial charge on any atom is 0.227 e. The van der Waals surface area contributed by atoms with Gasteiger partial charge in [0.05, 0.1) is 6.20 Å². The molecule has 1 aliphatic rings. The molecule has 1 saturated heterocycles. The van der Waals surface area contributed by atoms with Crippen LogP contribution in [0.4, 0.5) is 4.39 Å². The van der Waals surface area contributed by atoms with Gasteiger partial charge in [-0.3, -0.25) is 19.9 Å². The van der Waals surface area contributed by atoms with Crippen molar-refractivity contribution in [2.24, 2.45) is 0 Å². The third-order valence-electron chi connectivity index (χ3n) is 2.73. The second kappa shape index (κ2) is 3.66. The van der Waals surface area contributed by atoms with E-state index in [1.807, 2.05) is 0 Å². The summed E-state index contributed by atoms with van der Waals surface area (Å²) in [6.45, 7) is 1.78. The van der Waals surface area contributed by atoms with Crippen molar-refractivity contribution in [3.05, 3.63) is 29.8 Å². The van der Waals surface area contributed by atoms with E-state index in [2.05, 4.69) is 10.3 Å². The van der Waals surface area contributed by atoms with Crippen LogP contribution in [0.2, 0.25) is 0 Å². The van der Waals surface area contributed by atoms with E-state index in [4.69, 9.17) is 0 Å². The molecule has 16 heavy (non-hydrogen) atoms. The summed E-state index contributed by atoms with van der Waals surface area (Å²) in [6.07, 6.45) is 1.48. The van der Waals surface area contributed by atoms with E-state index in [9.17, 15) is 14.0 Å². The molecule has 2 rings (SSSR count). The lowest BCUT2D eigenvalue weighted by Gasteiger charge is -2.31. The highest BCUT2D eigenvalue weighted by Gasteiger charge is 2.38. The number of nitrogens with zero attached hydrogens (tertiary/aromatic N) is 1. The van der Waals surface area contributed by atoms with Crippen LogP contribution in [0.1, 0.15) is 25.5 Å². The van der Waals surface area contributed by atoms with Gasteiger partial charge in [0.1, 0.15) is 5.82 Å². The lowest BCUT2D eigenvalue weighted by Crippen LogP contribution is -2.45. The molecule has 1 N–H and O–H groups in total. The van der Waals surface area contributed by atoms with Gasteiger partial charge >= 0.3 is 0 Å². The molecule has 0 saturated carbocycles. The van der Waals surface area contributed by atoms with Crippen LogP contribution in [-0.2, 0) is 15.0 Å². The van der Waals surface area contributed by atoms with Crippen LogP contribution in [-0.4, -0.2) is 16.8 Å². The summed E-state index contributed by atoms with van der Waals surface area (Å²) < 4.78 is 12.7. The average molecular weight is 222 g/mol. The minimum Gasteiger partial charge on any atom is -0.296 e. The first-order chi connectivity index (χ1) is 7.49. The fourth-order valence-electron chi connectivity index (χ4n) is 1.93. The third-order valence-corrected chi connectivity index (χ3v) is 2.73. The van der Waals surface area contributed by atoms with Crippen molar-refractivity contribution in [3.8, 4) is 0 Å². The summed E-state index contributed by atoms with van der Waals surface area (Å²) in [5.41, 5.74) is -0.0651. The molecular weight excluding hydrogens is 211 g/mol. The lowest BCUT2D eigenvalue weighted by molar-refractivity contribution is -0.135. The number of aromatic nitrogens is 1. The molecule has 84 valence electrons. The molecule has 0 unspecified atom stereocenters. The predicted molar refractivity (Wildman–Crippen MR) is 53.9 cm³/mol. The molecule has 2 heterocycles. The number of halogens is 1. The van der Waals surface area contributed by atoms with Gasteiger partial charge in [-0.25, -0.2) is 4.39 Å². The van der Waals surface area contributed by atoms with Gasteiger partial charge in [0.15, 0.2) is 0 Å². The number of imide groups is 1. The van der Waals surface area contributed by atoms with E-state index in [0.717, 1.165) is 6.20 Å². The molecule has 1 aliphatic heterocycles. The lowest BCUT2D eigenvalue weighted by atomic mass is 9.77. The maximum atomic E-state index is 12.7. The molecule has 1 aromatic rings. The van der Waals surface area contributed by atoms with Crippen molar-refractivity contribution in [3.63, 3.8) is 0 Å². The van der Waals surface area contributed by atoms with E-state index < -0.39 is 11.2 Å². The Balaban J connectivity index is 2.33. The number of hydrogen-bond acceptors (Lipinski definition) is 3. The fourth-order valence-corrected chi connectivity index (χ4v) is 1.93. The molecule has 5 heteroatoms. The van der Waals surface area contributed by atoms with Crippen LogP contribution >= 0.6 is 0 Å². The number of piperidine rings is 1. The zero-order valence-electron chi connectivity index (χ0n) is 8.79. The Bertz CT molecular complexity index is 426. The van der Waals surface area contributed by atoms with Crippen LogP contribution in [0.15, 0.2) is 18.3 Å². The first-order valence-electron chi connectivity index (χ1n) is 4.94. The molecule has 1 aromatic heterocycles. The SMILES string of the molecule is CC1(c2ccc(F)cn2)CC(=O)NC(=O)C1. The Morgan fingerprint density at radius 1 is 1.31 bits per heavy atom. The van der Waals surface area contributed by atoms with Crippen molar-refractivity contribution >= 4 is 11.8 Å². The number of rotatable bonds is 1. The highest BCUT2D eigenvalue weighted by atomic mass is 19.1. The molecule has 4 nitrogen and oxygen atoms in total. The second-order valence-corrected chi connectivity index (χ2v) is 4.25. The van der Waals surface area contributed by atoms with E-state index in [-0.39, 0.29) is 24.7 Å². The summed E-state index contributed by atoms with van der Waals surface area (Å²) in [5, 5.41) is 2.24. The molecule has 1 fully saturated rings. The molecule has 0 aromatic carbocycles. The molecule has 0 aliphatic carbocycles. The van der Waals surface area contributed by atoms with Crippen molar-refractivity contribution in [1.29, 1.82) is 0 Å². The van der Waals surface area contributed by atoms with Gasteiger partial charge in [-0.05, 0) is 12.1 Å². The van der Waals surface area contributed by atoms with E-state index in [1.165, 1.54) is 12.1 Å². The molecule has 0 atom stereocenters. The fraction of sp³-hybridized carbons (Fsp3) is 0.364. The zero-order chi connectivity index (χ0) is 11.8. The number of carbonyl (C=O) groups excluding carboxylic acids is 2. The zero-order valence-corrected chi connectivity index (χ0v) is 8.79. The highest BCUT2D eigenvalue weighted by molar-refractivity contribution is 5.99. The predicted octanol–water partition coefficient (Wildman–Crippen LogP) is 0.915. The quantitative estimate of drug-likeness (QED) is 0.718. The monoisotopic (exact) mass is 222 g/mol. The second-order valence-electron chi connectivity index (χ2n) is 4.25. The molecule has 0 spiro atoms. The highest BCUT2D eigenvalue weighted by Crippen LogP contribution is 2.32. The van der Waals surface area contributed by atoms with Gasteiger partial charge in [-0.2, -0.15) is 0 Å².